The van der Waals surface area contributed by atoms with Crippen LogP contribution in [-0.4, -0.2) is 47.7 Å². The quantitative estimate of drug-likeness (QED) is 0.799. The maximum Gasteiger partial charge on any atom is 0.272 e. The van der Waals surface area contributed by atoms with E-state index in [0.29, 0.717) is 43.8 Å². The zero-order valence-electron chi connectivity index (χ0n) is 17.0. The molecule has 2 N–H and O–H groups in total. The van der Waals surface area contributed by atoms with Gasteiger partial charge in [0.05, 0.1) is 6.54 Å². The van der Waals surface area contributed by atoms with Gasteiger partial charge in [-0.25, -0.2) is 4.39 Å². The van der Waals surface area contributed by atoms with Crippen molar-refractivity contribution in [2.45, 2.75) is 31.8 Å². The summed E-state index contributed by atoms with van der Waals surface area (Å²) in [4.78, 5) is 31.6. The van der Waals surface area contributed by atoms with E-state index in [-0.39, 0.29) is 17.6 Å². The third-order valence-electron chi connectivity index (χ3n) is 5.67. The predicted octanol–water partition coefficient (Wildman–Crippen LogP) is 2.74. The molecule has 4 rings (SSSR count). The van der Waals surface area contributed by atoms with E-state index >= 15 is 0 Å². The highest BCUT2D eigenvalue weighted by Gasteiger charge is 2.42. The molecule has 2 heterocycles. The molecule has 6 nitrogen and oxygen atoms in total. The lowest BCUT2D eigenvalue weighted by atomic mass is 9.98. The first-order valence-corrected chi connectivity index (χ1v) is 10.3. The van der Waals surface area contributed by atoms with Gasteiger partial charge >= 0.3 is 0 Å². The Hall–Kier alpha value is -3.06. The molecule has 2 aliphatic rings. The van der Waals surface area contributed by atoms with E-state index in [4.69, 9.17) is 0 Å². The molecule has 156 valence electrons. The topological polar surface area (TPSA) is 73.8 Å². The SMILES string of the molecule is CCc1cccc(NC(=O)CN2CCC3(CC2)N=C(c2ccc(F)cc2)C(=O)N3)c1. The van der Waals surface area contributed by atoms with Crippen LogP contribution in [0, 0.1) is 5.82 Å². The summed E-state index contributed by atoms with van der Waals surface area (Å²) in [5.74, 6) is -0.630. The highest BCUT2D eigenvalue weighted by atomic mass is 19.1. The number of carbonyl (C=O) groups is 2. The van der Waals surface area contributed by atoms with E-state index in [1.165, 1.54) is 17.7 Å². The summed E-state index contributed by atoms with van der Waals surface area (Å²) in [6.07, 6.45) is 2.17. The molecule has 0 atom stereocenters. The number of hydrogen-bond donors (Lipinski definition) is 2. The van der Waals surface area contributed by atoms with Crippen LogP contribution in [0.3, 0.4) is 0 Å². The standard InChI is InChI=1S/C23H25FN4O2/c1-2-16-4-3-5-19(14-16)25-20(29)15-28-12-10-23(11-13-28)26-21(22(30)27-23)17-6-8-18(24)9-7-17/h3-9,14H,2,10-13,15H2,1H3,(H,25,29)(H,27,30). The van der Waals surface area contributed by atoms with Gasteiger partial charge < -0.3 is 10.6 Å². The molecule has 0 aromatic heterocycles. The van der Waals surface area contributed by atoms with E-state index in [1.54, 1.807) is 12.1 Å². The minimum atomic E-state index is -0.636. The van der Waals surface area contributed by atoms with Crippen molar-refractivity contribution >= 4 is 23.2 Å². The van der Waals surface area contributed by atoms with E-state index in [2.05, 4.69) is 27.4 Å². The van der Waals surface area contributed by atoms with Crippen LogP contribution in [-0.2, 0) is 16.0 Å². The number of aryl methyl sites for hydroxylation is 1. The molecule has 2 aromatic carbocycles. The molecule has 0 saturated carbocycles. The van der Waals surface area contributed by atoms with E-state index in [1.807, 2.05) is 24.3 Å². The highest BCUT2D eigenvalue weighted by Crippen LogP contribution is 2.28. The molecule has 0 unspecified atom stereocenters. The summed E-state index contributed by atoms with van der Waals surface area (Å²) in [5, 5.41) is 5.95. The van der Waals surface area contributed by atoms with Gasteiger partial charge in [-0.05, 0) is 48.4 Å². The first kappa shape index (κ1) is 20.2. The van der Waals surface area contributed by atoms with Gasteiger partial charge in [0.1, 0.15) is 17.2 Å². The molecular weight excluding hydrogens is 383 g/mol. The maximum absolute atomic E-state index is 13.2. The van der Waals surface area contributed by atoms with Gasteiger partial charge in [0.25, 0.3) is 5.91 Å². The molecule has 0 aliphatic carbocycles. The van der Waals surface area contributed by atoms with Gasteiger partial charge in [-0.1, -0.05) is 19.1 Å². The average Bonchev–Trinajstić information content (AvgIpc) is 3.06. The van der Waals surface area contributed by atoms with E-state index in [9.17, 15) is 14.0 Å². The minimum absolute atomic E-state index is 0.0508. The second-order valence-corrected chi connectivity index (χ2v) is 7.83. The van der Waals surface area contributed by atoms with Crippen molar-refractivity contribution < 1.29 is 14.0 Å². The summed E-state index contributed by atoms with van der Waals surface area (Å²) in [7, 11) is 0. The number of halogens is 1. The Morgan fingerprint density at radius 1 is 1.20 bits per heavy atom. The van der Waals surface area contributed by atoms with Crippen molar-refractivity contribution in [3.8, 4) is 0 Å². The first-order chi connectivity index (χ1) is 14.5. The molecule has 0 bridgehead atoms. The maximum atomic E-state index is 13.2. The second kappa shape index (κ2) is 8.36. The number of benzene rings is 2. The fourth-order valence-electron chi connectivity index (χ4n) is 3.96. The van der Waals surface area contributed by atoms with Crippen LogP contribution < -0.4 is 10.6 Å². The van der Waals surface area contributed by atoms with E-state index in [0.717, 1.165) is 12.1 Å². The van der Waals surface area contributed by atoms with Crippen molar-refractivity contribution in [1.29, 1.82) is 0 Å². The van der Waals surface area contributed by atoms with Gasteiger partial charge in [-0.2, -0.15) is 0 Å². The Morgan fingerprint density at radius 3 is 2.63 bits per heavy atom. The first-order valence-electron chi connectivity index (χ1n) is 10.3. The lowest BCUT2D eigenvalue weighted by Crippen LogP contribution is -2.52. The van der Waals surface area contributed by atoms with Gasteiger partial charge in [-0.15, -0.1) is 0 Å². The molecule has 1 spiro atoms. The third-order valence-corrected chi connectivity index (χ3v) is 5.67. The summed E-state index contributed by atoms with van der Waals surface area (Å²) in [6.45, 7) is 3.69. The smallest absolute Gasteiger partial charge is 0.272 e. The minimum Gasteiger partial charge on any atom is -0.326 e. The summed E-state index contributed by atoms with van der Waals surface area (Å²) in [5.41, 5.74) is 2.31. The average molecular weight is 408 g/mol. The van der Waals surface area contributed by atoms with Crippen molar-refractivity contribution in [3.05, 3.63) is 65.5 Å². The lowest BCUT2D eigenvalue weighted by Gasteiger charge is -2.36. The Balaban J connectivity index is 1.35. The Labute approximate surface area is 175 Å². The number of anilines is 1. The number of rotatable bonds is 5. The number of piperidine rings is 1. The van der Waals surface area contributed by atoms with Crippen LogP contribution in [0.5, 0.6) is 0 Å². The molecule has 1 fully saturated rings. The van der Waals surface area contributed by atoms with Crippen LogP contribution in [0.2, 0.25) is 0 Å². The monoisotopic (exact) mass is 408 g/mol. The lowest BCUT2D eigenvalue weighted by molar-refractivity contribution is -0.119. The predicted molar refractivity (Wildman–Crippen MR) is 114 cm³/mol. The van der Waals surface area contributed by atoms with Crippen molar-refractivity contribution in [3.63, 3.8) is 0 Å². The molecule has 1 saturated heterocycles. The number of carbonyl (C=O) groups excluding carboxylic acids is 2. The molecule has 2 aromatic rings. The van der Waals surface area contributed by atoms with Crippen LogP contribution >= 0.6 is 0 Å². The Kier molecular flexibility index (Phi) is 5.63. The summed E-state index contributed by atoms with van der Waals surface area (Å²) >= 11 is 0. The van der Waals surface area contributed by atoms with Gasteiger partial charge in [0.15, 0.2) is 0 Å². The van der Waals surface area contributed by atoms with Crippen LogP contribution in [0.15, 0.2) is 53.5 Å². The number of likely N-dealkylation sites (tertiary alicyclic amines) is 1. The molecule has 2 amide bonds. The largest absolute Gasteiger partial charge is 0.326 e. The zero-order chi connectivity index (χ0) is 21.1. The van der Waals surface area contributed by atoms with E-state index < -0.39 is 5.66 Å². The second-order valence-electron chi connectivity index (χ2n) is 7.83. The molecular formula is C23H25FN4O2. The number of hydrogen-bond acceptors (Lipinski definition) is 4. The molecule has 30 heavy (non-hydrogen) atoms. The fourth-order valence-corrected chi connectivity index (χ4v) is 3.96. The van der Waals surface area contributed by atoms with Crippen LogP contribution in [0.1, 0.15) is 30.9 Å². The fraction of sp³-hybridized carbons (Fsp3) is 0.348. The normalized spacial score (nSPS) is 18.2. The van der Waals surface area contributed by atoms with Crippen LogP contribution in [0.4, 0.5) is 10.1 Å². The van der Waals surface area contributed by atoms with Crippen molar-refractivity contribution in [2.75, 3.05) is 25.0 Å². The Bertz CT molecular complexity index is 979. The number of nitrogens with zero attached hydrogens (tertiary/aromatic N) is 2. The van der Waals surface area contributed by atoms with Gasteiger partial charge in [0.2, 0.25) is 5.91 Å². The number of nitrogens with one attached hydrogen (secondary N) is 2. The number of amides is 2. The summed E-state index contributed by atoms with van der Waals surface area (Å²) in [6, 6.07) is 13.7. The Morgan fingerprint density at radius 2 is 1.93 bits per heavy atom. The third kappa shape index (κ3) is 4.41. The highest BCUT2D eigenvalue weighted by molar-refractivity contribution is 6.46. The van der Waals surface area contributed by atoms with Crippen LogP contribution in [0.25, 0.3) is 0 Å². The molecule has 7 heteroatoms. The zero-order valence-corrected chi connectivity index (χ0v) is 17.0. The van der Waals surface area contributed by atoms with Crippen molar-refractivity contribution in [1.82, 2.24) is 10.2 Å². The van der Waals surface area contributed by atoms with Gasteiger partial charge in [-0.3, -0.25) is 19.5 Å². The molecule has 2 aliphatic heterocycles. The summed E-state index contributed by atoms with van der Waals surface area (Å²) < 4.78 is 13.2. The molecule has 0 radical (unpaired) electrons. The number of aliphatic imine (C=N–C) groups is 1. The van der Waals surface area contributed by atoms with Gasteiger partial charge in [0, 0.05) is 37.2 Å². The van der Waals surface area contributed by atoms with Crippen molar-refractivity contribution in [2.24, 2.45) is 4.99 Å².